The van der Waals surface area contributed by atoms with Gasteiger partial charge in [-0.05, 0) is 37.5 Å². The van der Waals surface area contributed by atoms with Crippen LogP contribution in [0.5, 0.6) is 0 Å². The number of aryl methyl sites for hydroxylation is 1. The molecular weight excluding hydrogens is 257 g/mol. The third-order valence-electron chi connectivity index (χ3n) is 3.21. The van der Waals surface area contributed by atoms with Gasteiger partial charge < -0.3 is 5.11 Å². The molecule has 0 aliphatic carbocycles. The Bertz CT molecular complexity index is 544. The number of aliphatic hydroxyl groups excluding tert-OH is 1. The standard InChI is InChI=1S/C12H16FNO3S/c1-9-4-5-11(13)12(7-9)18(16,17)14-6-2-3-10(14)8-15/h4-5,7,10,15H,2-3,6,8H2,1H3/t10-/m1/s1. The van der Waals surface area contributed by atoms with Crippen LogP contribution in [0.2, 0.25) is 0 Å². The highest BCUT2D eigenvalue weighted by atomic mass is 32.2. The average molecular weight is 273 g/mol. The van der Waals surface area contributed by atoms with Crippen molar-refractivity contribution in [3.63, 3.8) is 0 Å². The Kier molecular flexibility index (Phi) is 3.70. The second kappa shape index (κ2) is 4.95. The van der Waals surface area contributed by atoms with Crippen LogP contribution in [0, 0.1) is 12.7 Å². The van der Waals surface area contributed by atoms with Crippen LogP contribution >= 0.6 is 0 Å². The van der Waals surface area contributed by atoms with Crippen molar-refractivity contribution in [2.24, 2.45) is 0 Å². The molecule has 6 heteroatoms. The van der Waals surface area contributed by atoms with Gasteiger partial charge in [0.2, 0.25) is 10.0 Å². The maximum Gasteiger partial charge on any atom is 0.246 e. The molecule has 1 fully saturated rings. The van der Waals surface area contributed by atoms with Gasteiger partial charge in [0, 0.05) is 12.6 Å². The third-order valence-corrected chi connectivity index (χ3v) is 5.17. The van der Waals surface area contributed by atoms with E-state index in [2.05, 4.69) is 0 Å². The molecule has 1 N–H and O–H groups in total. The Morgan fingerprint density at radius 3 is 2.89 bits per heavy atom. The highest BCUT2D eigenvalue weighted by Gasteiger charge is 2.36. The van der Waals surface area contributed by atoms with Crippen LogP contribution in [0.4, 0.5) is 4.39 Å². The lowest BCUT2D eigenvalue weighted by molar-refractivity contribution is 0.213. The molecule has 1 saturated heterocycles. The maximum absolute atomic E-state index is 13.7. The predicted molar refractivity (Wildman–Crippen MR) is 65.1 cm³/mol. The number of sulfonamides is 1. The van der Waals surface area contributed by atoms with E-state index in [1.807, 2.05) is 0 Å². The summed E-state index contributed by atoms with van der Waals surface area (Å²) in [6.45, 7) is 1.82. The Balaban J connectivity index is 2.45. The topological polar surface area (TPSA) is 57.6 Å². The fourth-order valence-corrected chi connectivity index (χ4v) is 4.08. The van der Waals surface area contributed by atoms with Crippen LogP contribution in [0.15, 0.2) is 23.1 Å². The lowest BCUT2D eigenvalue weighted by Gasteiger charge is -2.22. The lowest BCUT2D eigenvalue weighted by Crippen LogP contribution is -2.38. The van der Waals surface area contributed by atoms with Gasteiger partial charge in [-0.1, -0.05) is 6.07 Å². The molecule has 0 spiro atoms. The molecule has 0 aromatic heterocycles. The fourth-order valence-electron chi connectivity index (χ4n) is 2.24. The molecule has 4 nitrogen and oxygen atoms in total. The van der Waals surface area contributed by atoms with Crippen LogP contribution in [0.25, 0.3) is 0 Å². The van der Waals surface area contributed by atoms with Crippen molar-refractivity contribution >= 4 is 10.0 Å². The summed E-state index contributed by atoms with van der Waals surface area (Å²) >= 11 is 0. The summed E-state index contributed by atoms with van der Waals surface area (Å²) in [7, 11) is -3.85. The van der Waals surface area contributed by atoms with E-state index in [4.69, 9.17) is 0 Å². The first-order chi connectivity index (χ1) is 8.46. The minimum Gasteiger partial charge on any atom is -0.395 e. The Labute approximate surface area is 106 Å². The highest BCUT2D eigenvalue weighted by molar-refractivity contribution is 7.89. The molecule has 1 atom stereocenters. The van der Waals surface area contributed by atoms with Gasteiger partial charge in [-0.25, -0.2) is 12.8 Å². The van der Waals surface area contributed by atoms with Gasteiger partial charge in [0.1, 0.15) is 10.7 Å². The number of rotatable bonds is 3. The minimum atomic E-state index is -3.85. The van der Waals surface area contributed by atoms with Crippen LogP contribution < -0.4 is 0 Å². The van der Waals surface area contributed by atoms with Gasteiger partial charge in [-0.3, -0.25) is 0 Å². The summed E-state index contributed by atoms with van der Waals surface area (Å²) in [5.41, 5.74) is 0.690. The molecule has 1 heterocycles. The Hall–Kier alpha value is -0.980. The van der Waals surface area contributed by atoms with Crippen molar-refractivity contribution in [3.8, 4) is 0 Å². The molecule has 1 aliphatic rings. The van der Waals surface area contributed by atoms with E-state index in [9.17, 15) is 17.9 Å². The van der Waals surface area contributed by atoms with Gasteiger partial charge in [0.25, 0.3) is 0 Å². The quantitative estimate of drug-likeness (QED) is 0.902. The SMILES string of the molecule is Cc1ccc(F)c(S(=O)(=O)N2CCC[C@@H]2CO)c1. The summed E-state index contributed by atoms with van der Waals surface area (Å²) in [6, 6.07) is 3.58. The highest BCUT2D eigenvalue weighted by Crippen LogP contribution is 2.27. The summed E-state index contributed by atoms with van der Waals surface area (Å²) in [6.07, 6.45) is 1.31. The largest absolute Gasteiger partial charge is 0.395 e. The van der Waals surface area contributed by atoms with E-state index < -0.39 is 21.9 Å². The van der Waals surface area contributed by atoms with Crippen molar-refractivity contribution < 1.29 is 17.9 Å². The van der Waals surface area contributed by atoms with E-state index in [1.165, 1.54) is 16.4 Å². The first-order valence-electron chi connectivity index (χ1n) is 5.85. The predicted octanol–water partition coefficient (Wildman–Crippen LogP) is 1.28. The molecule has 0 radical (unpaired) electrons. The summed E-state index contributed by atoms with van der Waals surface area (Å²) < 4.78 is 39.6. The molecule has 100 valence electrons. The zero-order chi connectivity index (χ0) is 13.3. The second-order valence-corrected chi connectivity index (χ2v) is 6.39. The van der Waals surface area contributed by atoms with Crippen molar-refractivity contribution in [1.29, 1.82) is 0 Å². The normalized spacial score (nSPS) is 21.4. The number of nitrogens with zero attached hydrogens (tertiary/aromatic N) is 1. The van der Waals surface area contributed by atoms with E-state index in [1.54, 1.807) is 6.92 Å². The van der Waals surface area contributed by atoms with Gasteiger partial charge in [0.15, 0.2) is 0 Å². The first-order valence-corrected chi connectivity index (χ1v) is 7.29. The van der Waals surface area contributed by atoms with Gasteiger partial charge in [-0.2, -0.15) is 4.31 Å². The van der Waals surface area contributed by atoms with Gasteiger partial charge in [-0.15, -0.1) is 0 Å². The van der Waals surface area contributed by atoms with Crippen molar-refractivity contribution in [1.82, 2.24) is 4.31 Å². The lowest BCUT2D eigenvalue weighted by atomic mass is 10.2. The summed E-state index contributed by atoms with van der Waals surface area (Å²) in [5, 5.41) is 9.17. The van der Waals surface area contributed by atoms with E-state index >= 15 is 0 Å². The monoisotopic (exact) mass is 273 g/mol. The van der Waals surface area contributed by atoms with Crippen molar-refractivity contribution in [2.75, 3.05) is 13.2 Å². The van der Waals surface area contributed by atoms with Crippen LogP contribution in [0.3, 0.4) is 0 Å². The zero-order valence-corrected chi connectivity index (χ0v) is 11.0. The molecular formula is C12H16FNO3S. The molecule has 18 heavy (non-hydrogen) atoms. The van der Waals surface area contributed by atoms with Gasteiger partial charge >= 0.3 is 0 Å². The Morgan fingerprint density at radius 1 is 1.50 bits per heavy atom. The van der Waals surface area contributed by atoms with E-state index in [0.29, 0.717) is 24.9 Å². The maximum atomic E-state index is 13.7. The van der Waals surface area contributed by atoms with E-state index in [-0.39, 0.29) is 11.5 Å². The van der Waals surface area contributed by atoms with Crippen LogP contribution in [-0.2, 0) is 10.0 Å². The molecule has 1 aliphatic heterocycles. The number of hydrogen-bond acceptors (Lipinski definition) is 3. The Morgan fingerprint density at radius 2 is 2.22 bits per heavy atom. The zero-order valence-electron chi connectivity index (χ0n) is 10.1. The summed E-state index contributed by atoms with van der Waals surface area (Å²) in [4.78, 5) is -0.303. The fraction of sp³-hybridized carbons (Fsp3) is 0.500. The minimum absolute atomic E-state index is 0.229. The van der Waals surface area contributed by atoms with E-state index in [0.717, 1.165) is 6.07 Å². The number of benzene rings is 1. The van der Waals surface area contributed by atoms with Gasteiger partial charge in [0.05, 0.1) is 6.61 Å². The molecule has 0 saturated carbocycles. The molecule has 1 aromatic rings. The molecule has 0 amide bonds. The third kappa shape index (κ3) is 2.28. The molecule has 0 bridgehead atoms. The number of hydrogen-bond donors (Lipinski definition) is 1. The number of aliphatic hydroxyl groups is 1. The number of halogens is 1. The van der Waals surface area contributed by atoms with Crippen LogP contribution in [0.1, 0.15) is 18.4 Å². The molecule has 1 aromatic carbocycles. The van der Waals surface area contributed by atoms with Crippen molar-refractivity contribution in [3.05, 3.63) is 29.6 Å². The smallest absolute Gasteiger partial charge is 0.246 e. The second-order valence-electron chi connectivity index (χ2n) is 4.53. The van der Waals surface area contributed by atoms with Crippen molar-refractivity contribution in [2.45, 2.75) is 30.7 Å². The average Bonchev–Trinajstić information content (AvgIpc) is 2.81. The first kappa shape index (κ1) is 13.5. The summed E-state index contributed by atoms with van der Waals surface area (Å²) in [5.74, 6) is -0.746. The van der Waals surface area contributed by atoms with Crippen LogP contribution in [-0.4, -0.2) is 37.0 Å². The molecule has 2 rings (SSSR count). The molecule has 0 unspecified atom stereocenters.